The fourth-order valence-corrected chi connectivity index (χ4v) is 2.65. The summed E-state index contributed by atoms with van der Waals surface area (Å²) in [6, 6.07) is 2.05. The van der Waals surface area contributed by atoms with Crippen molar-refractivity contribution < 1.29 is 13.2 Å². The molecule has 0 radical (unpaired) electrons. The van der Waals surface area contributed by atoms with E-state index in [4.69, 9.17) is 5.73 Å². The first kappa shape index (κ1) is 10.7. The number of nitrogens with two attached hydrogens (primary N) is 1. The molecule has 0 aliphatic heterocycles. The molecular formula is C8H4BrF3N2S. The number of anilines is 1. The number of alkyl halides is 3. The number of rotatable bonds is 0. The van der Waals surface area contributed by atoms with Gasteiger partial charge in [0, 0.05) is 4.47 Å². The molecule has 2 aromatic rings. The van der Waals surface area contributed by atoms with Crippen molar-refractivity contribution in [1.82, 2.24) is 4.98 Å². The second-order valence-corrected chi connectivity index (χ2v) is 4.77. The molecule has 15 heavy (non-hydrogen) atoms. The van der Waals surface area contributed by atoms with E-state index in [2.05, 4.69) is 20.9 Å². The summed E-state index contributed by atoms with van der Waals surface area (Å²) >= 11 is 4.08. The highest BCUT2D eigenvalue weighted by Gasteiger charge is 2.31. The number of benzene rings is 1. The molecule has 0 fully saturated rings. The standard InChI is InChI=1S/C8H4BrF3N2S/c9-4-1-3(8(10,11)12)2-5-6(4)14-7(13)15-5/h1-2H,(H2,13,14). The average Bonchev–Trinajstić information content (AvgIpc) is 2.44. The van der Waals surface area contributed by atoms with Crippen LogP contribution in [-0.4, -0.2) is 4.98 Å². The van der Waals surface area contributed by atoms with Gasteiger partial charge in [-0.2, -0.15) is 13.2 Å². The van der Waals surface area contributed by atoms with Crippen LogP contribution in [0.15, 0.2) is 16.6 Å². The van der Waals surface area contributed by atoms with Crippen molar-refractivity contribution in [2.24, 2.45) is 0 Å². The first-order chi connectivity index (χ1) is 6.88. The van der Waals surface area contributed by atoms with E-state index in [0.717, 1.165) is 23.5 Å². The van der Waals surface area contributed by atoms with Gasteiger partial charge < -0.3 is 5.73 Å². The van der Waals surface area contributed by atoms with Gasteiger partial charge in [0.15, 0.2) is 5.13 Å². The number of halogens is 4. The molecule has 1 heterocycles. The topological polar surface area (TPSA) is 38.9 Å². The van der Waals surface area contributed by atoms with Gasteiger partial charge >= 0.3 is 6.18 Å². The van der Waals surface area contributed by atoms with Crippen molar-refractivity contribution in [3.8, 4) is 0 Å². The van der Waals surface area contributed by atoms with Gasteiger partial charge in [0.2, 0.25) is 0 Å². The number of hydrogen-bond donors (Lipinski definition) is 1. The molecule has 7 heteroatoms. The van der Waals surface area contributed by atoms with Crippen LogP contribution in [0, 0.1) is 0 Å². The molecule has 0 atom stereocenters. The molecule has 0 spiro atoms. The van der Waals surface area contributed by atoms with Gasteiger partial charge in [-0.1, -0.05) is 11.3 Å². The van der Waals surface area contributed by atoms with E-state index in [1.54, 1.807) is 0 Å². The Bertz CT molecular complexity index is 520. The Hall–Kier alpha value is -0.820. The average molecular weight is 297 g/mol. The third kappa shape index (κ3) is 1.93. The van der Waals surface area contributed by atoms with Gasteiger partial charge in [0.05, 0.1) is 15.8 Å². The van der Waals surface area contributed by atoms with Crippen molar-refractivity contribution in [2.45, 2.75) is 6.18 Å². The molecule has 0 saturated heterocycles. The second-order valence-electron chi connectivity index (χ2n) is 2.85. The van der Waals surface area contributed by atoms with E-state index in [0.29, 0.717) is 14.7 Å². The van der Waals surface area contributed by atoms with Crippen molar-refractivity contribution in [3.05, 3.63) is 22.2 Å². The Balaban J connectivity index is 2.72. The first-order valence-corrected chi connectivity index (χ1v) is 5.41. The molecule has 2 N–H and O–H groups in total. The predicted octanol–water partition coefficient (Wildman–Crippen LogP) is 3.66. The van der Waals surface area contributed by atoms with E-state index >= 15 is 0 Å². The van der Waals surface area contributed by atoms with Crippen LogP contribution in [0.25, 0.3) is 10.2 Å². The zero-order valence-corrected chi connectivity index (χ0v) is 9.50. The smallest absolute Gasteiger partial charge is 0.375 e. The van der Waals surface area contributed by atoms with E-state index < -0.39 is 11.7 Å². The number of aromatic nitrogens is 1. The Labute approximate surface area is 95.0 Å². The zero-order chi connectivity index (χ0) is 11.2. The Morgan fingerprint density at radius 3 is 2.60 bits per heavy atom. The normalized spacial score (nSPS) is 12.3. The summed E-state index contributed by atoms with van der Waals surface area (Å²) in [4.78, 5) is 3.92. The highest BCUT2D eigenvalue weighted by atomic mass is 79.9. The van der Waals surface area contributed by atoms with Crippen LogP contribution in [0.4, 0.5) is 18.3 Å². The van der Waals surface area contributed by atoms with Crippen LogP contribution in [0.5, 0.6) is 0 Å². The molecule has 1 aromatic heterocycles. The van der Waals surface area contributed by atoms with Crippen molar-refractivity contribution >= 4 is 42.6 Å². The van der Waals surface area contributed by atoms with Crippen molar-refractivity contribution in [2.75, 3.05) is 5.73 Å². The zero-order valence-electron chi connectivity index (χ0n) is 7.10. The molecule has 0 aliphatic rings. The lowest BCUT2D eigenvalue weighted by molar-refractivity contribution is -0.137. The number of nitrogen functional groups attached to an aromatic ring is 1. The van der Waals surface area contributed by atoms with Crippen LogP contribution in [0.3, 0.4) is 0 Å². The lowest BCUT2D eigenvalue weighted by Crippen LogP contribution is -2.04. The molecule has 0 bridgehead atoms. The van der Waals surface area contributed by atoms with Gasteiger partial charge in [-0.15, -0.1) is 0 Å². The van der Waals surface area contributed by atoms with Crippen LogP contribution >= 0.6 is 27.3 Å². The van der Waals surface area contributed by atoms with Crippen LogP contribution in [-0.2, 0) is 6.18 Å². The fraction of sp³-hybridized carbons (Fsp3) is 0.125. The quantitative estimate of drug-likeness (QED) is 0.806. The van der Waals surface area contributed by atoms with Gasteiger partial charge in [-0.25, -0.2) is 4.98 Å². The number of fused-ring (bicyclic) bond motifs is 1. The number of hydrogen-bond acceptors (Lipinski definition) is 3. The molecular weight excluding hydrogens is 293 g/mol. The fourth-order valence-electron chi connectivity index (χ4n) is 1.17. The molecule has 1 aromatic carbocycles. The largest absolute Gasteiger partial charge is 0.416 e. The molecule has 0 saturated carbocycles. The predicted molar refractivity (Wildman–Crippen MR) is 56.7 cm³/mol. The summed E-state index contributed by atoms with van der Waals surface area (Å²) in [5.41, 5.74) is 5.18. The van der Waals surface area contributed by atoms with Gasteiger partial charge in [-0.3, -0.25) is 0 Å². The minimum absolute atomic E-state index is 0.255. The summed E-state index contributed by atoms with van der Waals surface area (Å²) in [5.74, 6) is 0. The SMILES string of the molecule is Nc1nc2c(Br)cc(C(F)(F)F)cc2s1. The number of nitrogens with zero attached hydrogens (tertiary/aromatic N) is 1. The van der Waals surface area contributed by atoms with Crippen molar-refractivity contribution in [3.63, 3.8) is 0 Å². The lowest BCUT2D eigenvalue weighted by Gasteiger charge is -2.06. The second kappa shape index (κ2) is 3.34. The summed E-state index contributed by atoms with van der Waals surface area (Å²) in [6.45, 7) is 0. The van der Waals surface area contributed by atoms with Crippen LogP contribution < -0.4 is 5.73 Å². The minimum Gasteiger partial charge on any atom is -0.375 e. The van der Waals surface area contributed by atoms with Gasteiger partial charge in [-0.05, 0) is 28.1 Å². The Kier molecular flexibility index (Phi) is 2.38. The maximum Gasteiger partial charge on any atom is 0.416 e. The third-order valence-corrected chi connectivity index (χ3v) is 3.23. The van der Waals surface area contributed by atoms with Gasteiger partial charge in [0.1, 0.15) is 0 Å². The summed E-state index contributed by atoms with van der Waals surface area (Å²) in [7, 11) is 0. The summed E-state index contributed by atoms with van der Waals surface area (Å²) < 4.78 is 38.0. The van der Waals surface area contributed by atoms with Crippen LogP contribution in [0.2, 0.25) is 0 Å². The lowest BCUT2D eigenvalue weighted by atomic mass is 10.2. The first-order valence-electron chi connectivity index (χ1n) is 3.80. The third-order valence-electron chi connectivity index (χ3n) is 1.79. The van der Waals surface area contributed by atoms with Gasteiger partial charge in [0.25, 0.3) is 0 Å². The van der Waals surface area contributed by atoms with E-state index in [9.17, 15) is 13.2 Å². The minimum atomic E-state index is -4.35. The van der Waals surface area contributed by atoms with Crippen molar-refractivity contribution in [1.29, 1.82) is 0 Å². The number of thiazole rings is 1. The molecule has 0 unspecified atom stereocenters. The molecule has 0 aliphatic carbocycles. The molecule has 80 valence electrons. The molecule has 0 amide bonds. The molecule has 2 nitrogen and oxygen atoms in total. The molecule has 2 rings (SSSR count). The Morgan fingerprint density at radius 2 is 2.00 bits per heavy atom. The Morgan fingerprint density at radius 1 is 1.33 bits per heavy atom. The summed E-state index contributed by atoms with van der Waals surface area (Å²) in [6.07, 6.45) is -4.35. The monoisotopic (exact) mass is 296 g/mol. The highest BCUT2D eigenvalue weighted by molar-refractivity contribution is 9.10. The highest BCUT2D eigenvalue weighted by Crippen LogP contribution is 2.37. The van der Waals surface area contributed by atoms with E-state index in [1.165, 1.54) is 0 Å². The van der Waals surface area contributed by atoms with E-state index in [-0.39, 0.29) is 5.13 Å². The summed E-state index contributed by atoms with van der Waals surface area (Å²) in [5, 5.41) is 0.255. The van der Waals surface area contributed by atoms with E-state index in [1.807, 2.05) is 0 Å². The van der Waals surface area contributed by atoms with Crippen LogP contribution in [0.1, 0.15) is 5.56 Å². The maximum absolute atomic E-state index is 12.4. The maximum atomic E-state index is 12.4.